The van der Waals surface area contributed by atoms with Gasteiger partial charge in [0.1, 0.15) is 0 Å². The molecule has 0 amide bonds. The van der Waals surface area contributed by atoms with Crippen LogP contribution in [-0.4, -0.2) is 60.1 Å². The van der Waals surface area contributed by atoms with Crippen LogP contribution in [0.1, 0.15) is 76.0 Å². The van der Waals surface area contributed by atoms with E-state index < -0.39 is 11.1 Å². The minimum Gasteiger partial charge on any atom is -0.302 e. The van der Waals surface area contributed by atoms with E-state index in [0.717, 1.165) is 11.1 Å². The molecule has 0 aliphatic heterocycles. The summed E-state index contributed by atoms with van der Waals surface area (Å²) in [5.41, 5.74) is 3.26. The summed E-state index contributed by atoms with van der Waals surface area (Å²) in [7, 11) is 0. The van der Waals surface area contributed by atoms with Gasteiger partial charge in [-0.3, -0.25) is 0 Å². The zero-order chi connectivity index (χ0) is 14.0. The minimum atomic E-state index is -1.91. The summed E-state index contributed by atoms with van der Waals surface area (Å²) >= 11 is -1.91. The van der Waals surface area contributed by atoms with Crippen LogP contribution in [0.15, 0.2) is 17.0 Å². The topological polar surface area (TPSA) is 37.3 Å². The molecular weight excluding hydrogens is 283 g/mol. The van der Waals surface area contributed by atoms with Gasteiger partial charge >= 0.3 is 0 Å². The van der Waals surface area contributed by atoms with Crippen LogP contribution >= 0.6 is 0 Å². The Morgan fingerprint density at radius 2 is 1.26 bits per heavy atom. The molecule has 1 N–H and O–H groups in total. The maximum atomic E-state index is 11.6. The molecule has 0 aliphatic rings. The van der Waals surface area contributed by atoms with Gasteiger partial charge in [-0.1, -0.05) is 53.7 Å². The van der Waals surface area contributed by atoms with Crippen molar-refractivity contribution in [3.05, 3.63) is 28.8 Å². The fraction of sp³-hybridized carbons (Fsp3) is 0.600. The van der Waals surface area contributed by atoms with Gasteiger partial charge in [0.25, 0.3) is 0 Å². The van der Waals surface area contributed by atoms with Crippen molar-refractivity contribution in [3.8, 4) is 0 Å². The molecule has 4 heteroatoms. The SMILES string of the molecule is CC(C)c1cc(C(C)C)c(S(=O)O)c(C(C)C)c1.[K]. The van der Waals surface area contributed by atoms with Crippen LogP contribution in [0.25, 0.3) is 0 Å². The third-order valence-corrected chi connectivity index (χ3v) is 4.07. The number of rotatable bonds is 4. The Hall–Kier alpha value is 0.966. The normalized spacial score (nSPS) is 12.9. The predicted octanol–water partition coefficient (Wildman–Crippen LogP) is 4.26. The Morgan fingerprint density at radius 3 is 1.47 bits per heavy atom. The van der Waals surface area contributed by atoms with Crippen LogP contribution in [0.3, 0.4) is 0 Å². The third kappa shape index (κ3) is 5.02. The molecule has 0 aromatic heterocycles. The van der Waals surface area contributed by atoms with Crippen LogP contribution in [-0.2, 0) is 11.1 Å². The molecule has 0 aliphatic carbocycles. The molecule has 0 bridgehead atoms. The Kier molecular flexibility index (Phi) is 8.85. The Labute approximate surface area is 162 Å². The largest absolute Gasteiger partial charge is 0.302 e. The zero-order valence-electron chi connectivity index (χ0n) is 13.2. The predicted molar refractivity (Wildman–Crippen MR) is 83.5 cm³/mol. The van der Waals surface area contributed by atoms with E-state index in [1.54, 1.807) is 0 Å². The van der Waals surface area contributed by atoms with Crippen molar-refractivity contribution in [2.75, 3.05) is 0 Å². The van der Waals surface area contributed by atoms with Gasteiger partial charge in [-0.05, 0) is 34.4 Å². The van der Waals surface area contributed by atoms with Crippen molar-refractivity contribution in [1.29, 1.82) is 0 Å². The van der Waals surface area contributed by atoms with Crippen molar-refractivity contribution in [1.82, 2.24) is 0 Å². The average molecular weight is 308 g/mol. The molecule has 1 rings (SSSR count). The summed E-state index contributed by atoms with van der Waals surface area (Å²) in [6, 6.07) is 4.18. The van der Waals surface area contributed by atoms with Crippen molar-refractivity contribution >= 4 is 62.5 Å². The second-order valence-corrected chi connectivity index (χ2v) is 6.65. The van der Waals surface area contributed by atoms with E-state index in [1.807, 2.05) is 0 Å². The first kappa shape index (κ1) is 20.0. The van der Waals surface area contributed by atoms with Gasteiger partial charge in [0.2, 0.25) is 0 Å². The minimum absolute atomic E-state index is 0. The smallest absolute Gasteiger partial charge is 0.187 e. The van der Waals surface area contributed by atoms with E-state index >= 15 is 0 Å². The summed E-state index contributed by atoms with van der Waals surface area (Å²) < 4.78 is 21.2. The molecule has 1 radical (unpaired) electrons. The fourth-order valence-electron chi connectivity index (χ4n) is 2.09. The van der Waals surface area contributed by atoms with Crippen molar-refractivity contribution in [2.24, 2.45) is 0 Å². The maximum Gasteiger partial charge on any atom is 0.187 e. The molecule has 19 heavy (non-hydrogen) atoms. The summed E-state index contributed by atoms with van der Waals surface area (Å²) in [5.74, 6) is 0.945. The van der Waals surface area contributed by atoms with E-state index in [-0.39, 0.29) is 63.2 Å². The van der Waals surface area contributed by atoms with Gasteiger partial charge < -0.3 is 4.55 Å². The van der Waals surface area contributed by atoms with Crippen LogP contribution in [0.2, 0.25) is 0 Å². The molecule has 1 aromatic rings. The van der Waals surface area contributed by atoms with Gasteiger partial charge in [0.05, 0.1) is 4.90 Å². The molecule has 0 saturated heterocycles. The summed E-state index contributed by atoms with van der Waals surface area (Å²) in [5, 5.41) is 0. The molecular formula is C15H24KO2S. The summed E-state index contributed by atoms with van der Waals surface area (Å²) in [4.78, 5) is 0.615. The average Bonchev–Trinajstić information content (AvgIpc) is 2.26. The molecule has 1 atom stereocenters. The van der Waals surface area contributed by atoms with Crippen LogP contribution in [0.4, 0.5) is 0 Å². The fourth-order valence-corrected chi connectivity index (χ4v) is 3.08. The standard InChI is InChI=1S/C15H24O2S.K/c1-9(2)12-7-13(10(3)4)15(18(16)17)14(8-12)11(5)6;/h7-11H,1-6H3,(H,16,17);. The molecule has 0 heterocycles. The Balaban J connectivity index is 0.00000324. The third-order valence-electron chi connectivity index (χ3n) is 3.25. The van der Waals surface area contributed by atoms with E-state index in [4.69, 9.17) is 0 Å². The second-order valence-electron chi connectivity index (χ2n) is 5.74. The molecule has 0 saturated carbocycles. The second kappa shape index (κ2) is 8.42. The number of hydrogen-bond donors (Lipinski definition) is 1. The first-order chi connectivity index (χ1) is 8.25. The monoisotopic (exact) mass is 307 g/mol. The molecule has 0 spiro atoms. The Bertz CT molecular complexity index is 424. The van der Waals surface area contributed by atoms with E-state index in [2.05, 4.69) is 53.7 Å². The summed E-state index contributed by atoms with van der Waals surface area (Å²) in [6.07, 6.45) is 0. The maximum absolute atomic E-state index is 11.6. The van der Waals surface area contributed by atoms with Gasteiger partial charge in [0, 0.05) is 51.4 Å². The first-order valence-electron chi connectivity index (χ1n) is 6.54. The quantitative estimate of drug-likeness (QED) is 0.666. The van der Waals surface area contributed by atoms with Gasteiger partial charge in [-0.2, -0.15) is 0 Å². The van der Waals surface area contributed by atoms with E-state index in [0.29, 0.717) is 10.8 Å². The molecule has 2 nitrogen and oxygen atoms in total. The molecule has 103 valence electrons. The van der Waals surface area contributed by atoms with Crippen molar-refractivity contribution in [3.63, 3.8) is 0 Å². The van der Waals surface area contributed by atoms with Gasteiger partial charge in [-0.25, -0.2) is 4.21 Å². The van der Waals surface area contributed by atoms with Crippen LogP contribution in [0.5, 0.6) is 0 Å². The van der Waals surface area contributed by atoms with Crippen molar-refractivity contribution in [2.45, 2.75) is 64.2 Å². The van der Waals surface area contributed by atoms with E-state index in [9.17, 15) is 8.76 Å². The van der Waals surface area contributed by atoms with Gasteiger partial charge in [0.15, 0.2) is 11.1 Å². The number of hydrogen-bond acceptors (Lipinski definition) is 1. The van der Waals surface area contributed by atoms with Gasteiger partial charge in [-0.15, -0.1) is 0 Å². The van der Waals surface area contributed by atoms with Crippen LogP contribution in [0, 0.1) is 0 Å². The zero-order valence-corrected chi connectivity index (χ0v) is 17.1. The Morgan fingerprint density at radius 1 is 0.895 bits per heavy atom. The van der Waals surface area contributed by atoms with Crippen LogP contribution < -0.4 is 0 Å². The molecule has 0 fully saturated rings. The number of benzene rings is 1. The molecule has 1 unspecified atom stereocenters. The van der Waals surface area contributed by atoms with E-state index in [1.165, 1.54) is 5.56 Å². The van der Waals surface area contributed by atoms with Crippen molar-refractivity contribution < 1.29 is 8.76 Å². The first-order valence-corrected chi connectivity index (χ1v) is 7.64. The summed E-state index contributed by atoms with van der Waals surface area (Å²) in [6.45, 7) is 12.6. The molecule has 1 aromatic carbocycles.